The van der Waals surface area contributed by atoms with E-state index in [2.05, 4.69) is 27.4 Å². The highest BCUT2D eigenvalue weighted by Gasteiger charge is 2.21. The lowest BCUT2D eigenvalue weighted by Gasteiger charge is -2.31. The molecule has 0 spiro atoms. The molecule has 1 aliphatic heterocycles. The van der Waals surface area contributed by atoms with E-state index >= 15 is 0 Å². The number of amides is 1. The second-order valence-corrected chi connectivity index (χ2v) is 6.57. The predicted octanol–water partition coefficient (Wildman–Crippen LogP) is 1.40. The van der Waals surface area contributed by atoms with Crippen LogP contribution >= 0.6 is 0 Å². The van der Waals surface area contributed by atoms with E-state index in [1.54, 1.807) is 11.7 Å². The zero-order chi connectivity index (χ0) is 17.6. The van der Waals surface area contributed by atoms with Crippen molar-refractivity contribution in [2.45, 2.75) is 19.4 Å². The molecule has 1 aliphatic rings. The molecule has 1 N–H and O–H groups in total. The van der Waals surface area contributed by atoms with Crippen molar-refractivity contribution in [1.29, 1.82) is 0 Å². The first-order chi connectivity index (χ1) is 12.1. The number of benzene rings is 1. The number of aromatic nitrogens is 2. The fourth-order valence-corrected chi connectivity index (χ4v) is 3.24. The summed E-state index contributed by atoms with van der Waals surface area (Å²) in [6.45, 7) is 6.05. The van der Waals surface area contributed by atoms with Gasteiger partial charge in [-0.3, -0.25) is 14.4 Å². The summed E-state index contributed by atoms with van der Waals surface area (Å²) in [6, 6.07) is 12.2. The minimum Gasteiger partial charge on any atom is -0.379 e. The number of ether oxygens (including phenoxy) is 1. The van der Waals surface area contributed by atoms with Gasteiger partial charge in [0.25, 0.3) is 5.91 Å². The molecule has 1 aromatic heterocycles. The quantitative estimate of drug-likeness (QED) is 0.862. The molecule has 1 amide bonds. The van der Waals surface area contributed by atoms with Crippen LogP contribution in [-0.2, 0) is 18.2 Å². The van der Waals surface area contributed by atoms with Crippen LogP contribution < -0.4 is 5.32 Å². The number of carbonyl (C=O) groups excluding carboxylic acids is 1. The van der Waals surface area contributed by atoms with E-state index in [0.717, 1.165) is 45.0 Å². The van der Waals surface area contributed by atoms with E-state index in [9.17, 15) is 4.79 Å². The second kappa shape index (κ2) is 8.27. The number of morpholine rings is 1. The number of aryl methyl sites for hydroxylation is 2. The van der Waals surface area contributed by atoms with Crippen LogP contribution in [0.15, 0.2) is 36.4 Å². The van der Waals surface area contributed by atoms with Gasteiger partial charge in [-0.05, 0) is 25.0 Å². The number of rotatable bonds is 6. The molecule has 0 unspecified atom stereocenters. The second-order valence-electron chi connectivity index (χ2n) is 6.57. The molecule has 134 valence electrons. The standard InChI is InChI=1S/C19H26N4O2/c1-15-12-18(22(2)21-15)19(24)20-17(13-16-6-4-3-5-7-16)14-23-8-10-25-11-9-23/h3-7,12,17H,8-11,13-14H2,1-2H3,(H,20,24)/t17-/m0/s1. The van der Waals surface area contributed by atoms with Gasteiger partial charge >= 0.3 is 0 Å². The Bertz CT molecular complexity index is 693. The Balaban J connectivity index is 1.70. The van der Waals surface area contributed by atoms with Gasteiger partial charge in [0.15, 0.2) is 0 Å². The largest absolute Gasteiger partial charge is 0.379 e. The monoisotopic (exact) mass is 342 g/mol. The molecule has 3 rings (SSSR count). The molecule has 0 bridgehead atoms. The molecule has 0 saturated carbocycles. The van der Waals surface area contributed by atoms with E-state index < -0.39 is 0 Å². The molecule has 1 saturated heterocycles. The first kappa shape index (κ1) is 17.6. The topological polar surface area (TPSA) is 59.4 Å². The molecule has 6 heteroatoms. The first-order valence-electron chi connectivity index (χ1n) is 8.77. The SMILES string of the molecule is Cc1cc(C(=O)N[C@@H](Cc2ccccc2)CN2CCOCC2)n(C)n1. The van der Waals surface area contributed by atoms with E-state index in [4.69, 9.17) is 4.74 Å². The summed E-state index contributed by atoms with van der Waals surface area (Å²) in [5.41, 5.74) is 2.67. The summed E-state index contributed by atoms with van der Waals surface area (Å²) in [4.78, 5) is 15.1. The van der Waals surface area contributed by atoms with Crippen LogP contribution in [0.3, 0.4) is 0 Å². The molecule has 25 heavy (non-hydrogen) atoms. The van der Waals surface area contributed by atoms with Crippen LogP contribution in [0.2, 0.25) is 0 Å². The van der Waals surface area contributed by atoms with Crippen molar-refractivity contribution in [3.05, 3.63) is 53.3 Å². The van der Waals surface area contributed by atoms with E-state index in [1.807, 2.05) is 31.2 Å². The van der Waals surface area contributed by atoms with Crippen LogP contribution in [0, 0.1) is 6.92 Å². The number of carbonyl (C=O) groups is 1. The Morgan fingerprint density at radius 1 is 1.28 bits per heavy atom. The molecule has 1 fully saturated rings. The van der Waals surface area contributed by atoms with Gasteiger partial charge in [0.1, 0.15) is 5.69 Å². The van der Waals surface area contributed by atoms with E-state index in [0.29, 0.717) is 5.69 Å². The minimum absolute atomic E-state index is 0.0446. The first-order valence-corrected chi connectivity index (χ1v) is 8.77. The third-order valence-corrected chi connectivity index (χ3v) is 4.48. The smallest absolute Gasteiger partial charge is 0.269 e. The van der Waals surface area contributed by atoms with Gasteiger partial charge in [-0.15, -0.1) is 0 Å². The highest BCUT2D eigenvalue weighted by molar-refractivity contribution is 5.92. The Labute approximate surface area is 148 Å². The third-order valence-electron chi connectivity index (χ3n) is 4.48. The van der Waals surface area contributed by atoms with E-state index in [1.165, 1.54) is 5.56 Å². The summed E-state index contributed by atoms with van der Waals surface area (Å²) >= 11 is 0. The maximum Gasteiger partial charge on any atom is 0.269 e. The molecule has 2 aromatic rings. The van der Waals surface area contributed by atoms with Crippen LogP contribution in [0.25, 0.3) is 0 Å². The van der Waals surface area contributed by atoms with Crippen molar-refractivity contribution in [3.8, 4) is 0 Å². The summed E-state index contributed by atoms with van der Waals surface area (Å²) in [7, 11) is 1.80. The molecule has 2 heterocycles. The summed E-state index contributed by atoms with van der Waals surface area (Å²) < 4.78 is 7.07. The van der Waals surface area contributed by atoms with Gasteiger partial charge in [0.2, 0.25) is 0 Å². The van der Waals surface area contributed by atoms with Crippen molar-refractivity contribution in [3.63, 3.8) is 0 Å². The van der Waals surface area contributed by atoms with Gasteiger partial charge in [-0.2, -0.15) is 5.10 Å². The minimum atomic E-state index is -0.0720. The molecule has 1 atom stereocenters. The number of nitrogens with one attached hydrogen (secondary N) is 1. The Hall–Kier alpha value is -2.18. The van der Waals surface area contributed by atoms with Crippen LogP contribution in [0.1, 0.15) is 21.7 Å². The molecule has 0 radical (unpaired) electrons. The summed E-state index contributed by atoms with van der Waals surface area (Å²) in [5, 5.41) is 7.47. The average Bonchev–Trinajstić information content (AvgIpc) is 2.95. The van der Waals surface area contributed by atoms with Crippen molar-refractivity contribution in [1.82, 2.24) is 20.0 Å². The Morgan fingerprint density at radius 2 is 2.00 bits per heavy atom. The Morgan fingerprint density at radius 3 is 2.64 bits per heavy atom. The molecular weight excluding hydrogens is 316 g/mol. The number of hydrogen-bond donors (Lipinski definition) is 1. The highest BCUT2D eigenvalue weighted by Crippen LogP contribution is 2.09. The molecular formula is C19H26N4O2. The van der Waals surface area contributed by atoms with E-state index in [-0.39, 0.29) is 11.9 Å². The normalized spacial score (nSPS) is 16.6. The third kappa shape index (κ3) is 4.90. The van der Waals surface area contributed by atoms with Crippen LogP contribution in [-0.4, -0.2) is 59.5 Å². The van der Waals surface area contributed by atoms with Crippen LogP contribution in [0.5, 0.6) is 0 Å². The lowest BCUT2D eigenvalue weighted by Crippen LogP contribution is -2.48. The lowest BCUT2D eigenvalue weighted by atomic mass is 10.0. The Kier molecular flexibility index (Phi) is 5.83. The maximum atomic E-state index is 12.7. The fraction of sp³-hybridized carbons (Fsp3) is 0.474. The fourth-order valence-electron chi connectivity index (χ4n) is 3.24. The average molecular weight is 342 g/mol. The summed E-state index contributed by atoms with van der Waals surface area (Å²) in [6.07, 6.45) is 0.806. The number of hydrogen-bond acceptors (Lipinski definition) is 4. The number of nitrogens with zero attached hydrogens (tertiary/aromatic N) is 3. The molecule has 1 aromatic carbocycles. The van der Waals surface area contributed by atoms with Crippen molar-refractivity contribution < 1.29 is 9.53 Å². The van der Waals surface area contributed by atoms with Crippen molar-refractivity contribution >= 4 is 5.91 Å². The molecule has 0 aliphatic carbocycles. The zero-order valence-electron chi connectivity index (χ0n) is 14.9. The predicted molar refractivity (Wildman–Crippen MR) is 96.6 cm³/mol. The zero-order valence-corrected chi connectivity index (χ0v) is 14.9. The van der Waals surface area contributed by atoms with Gasteiger partial charge in [-0.25, -0.2) is 0 Å². The highest BCUT2D eigenvalue weighted by atomic mass is 16.5. The maximum absolute atomic E-state index is 12.7. The lowest BCUT2D eigenvalue weighted by molar-refractivity contribution is 0.0333. The van der Waals surface area contributed by atoms with Gasteiger partial charge in [0.05, 0.1) is 18.9 Å². The van der Waals surface area contributed by atoms with Gasteiger partial charge in [0, 0.05) is 32.7 Å². The van der Waals surface area contributed by atoms with Crippen LogP contribution in [0.4, 0.5) is 0 Å². The van der Waals surface area contributed by atoms with Crippen molar-refractivity contribution in [2.24, 2.45) is 7.05 Å². The van der Waals surface area contributed by atoms with Gasteiger partial charge < -0.3 is 10.1 Å². The molecule has 6 nitrogen and oxygen atoms in total. The van der Waals surface area contributed by atoms with Crippen molar-refractivity contribution in [2.75, 3.05) is 32.8 Å². The van der Waals surface area contributed by atoms with Gasteiger partial charge in [-0.1, -0.05) is 30.3 Å². The summed E-state index contributed by atoms with van der Waals surface area (Å²) in [5.74, 6) is -0.0720.